The van der Waals surface area contributed by atoms with Crippen molar-refractivity contribution in [3.8, 4) is 0 Å². The first-order valence-electron chi connectivity index (χ1n) is 7.70. The maximum Gasteiger partial charge on any atom is 0.264 e. The van der Waals surface area contributed by atoms with E-state index in [-0.39, 0.29) is 5.91 Å². The van der Waals surface area contributed by atoms with E-state index in [0.717, 1.165) is 22.4 Å². The van der Waals surface area contributed by atoms with E-state index in [4.69, 9.17) is 0 Å². The zero-order valence-electron chi connectivity index (χ0n) is 13.6. The molecular formula is C20H18N2OS. The highest BCUT2D eigenvalue weighted by molar-refractivity contribution is 8.18. The number of carbonyl (C=O) groups excluding carboxylic acids is 1. The van der Waals surface area contributed by atoms with Gasteiger partial charge in [-0.1, -0.05) is 48.5 Å². The number of rotatable bonds is 3. The monoisotopic (exact) mass is 334 g/mol. The van der Waals surface area contributed by atoms with E-state index in [9.17, 15) is 4.79 Å². The molecule has 0 bridgehead atoms. The number of hydrogen-bond donors (Lipinski definition) is 1. The quantitative estimate of drug-likeness (QED) is 0.817. The average Bonchev–Trinajstić information content (AvgIpc) is 2.87. The second-order valence-electron chi connectivity index (χ2n) is 5.62. The van der Waals surface area contributed by atoms with Gasteiger partial charge in [0.05, 0.1) is 10.6 Å². The highest BCUT2D eigenvalue weighted by Crippen LogP contribution is 2.27. The summed E-state index contributed by atoms with van der Waals surface area (Å²) in [5.74, 6) is -0.104. The van der Waals surface area contributed by atoms with Crippen LogP contribution >= 0.6 is 11.8 Å². The minimum absolute atomic E-state index is 0.104. The number of aliphatic imine (C=N–C) groups is 1. The molecule has 0 unspecified atom stereocenters. The van der Waals surface area contributed by atoms with Gasteiger partial charge in [0.2, 0.25) is 0 Å². The van der Waals surface area contributed by atoms with Crippen LogP contribution in [-0.4, -0.2) is 11.1 Å². The Bertz CT molecular complexity index is 851. The second-order valence-corrected chi connectivity index (χ2v) is 6.65. The molecule has 1 N–H and O–H groups in total. The van der Waals surface area contributed by atoms with E-state index in [0.29, 0.717) is 10.1 Å². The summed E-state index contributed by atoms with van der Waals surface area (Å²) in [5.41, 5.74) is 4.12. The van der Waals surface area contributed by atoms with Crippen molar-refractivity contribution in [2.45, 2.75) is 13.8 Å². The number of aryl methyl sites for hydroxylation is 1. The molecule has 1 aliphatic rings. The number of hydrogen-bond acceptors (Lipinski definition) is 3. The molecule has 1 amide bonds. The zero-order valence-corrected chi connectivity index (χ0v) is 14.4. The fourth-order valence-corrected chi connectivity index (χ4v) is 3.25. The van der Waals surface area contributed by atoms with E-state index >= 15 is 0 Å². The predicted molar refractivity (Wildman–Crippen MR) is 102 cm³/mol. The Morgan fingerprint density at radius 1 is 1.12 bits per heavy atom. The molecule has 0 saturated carbocycles. The molecule has 0 aliphatic carbocycles. The molecule has 0 spiro atoms. The van der Waals surface area contributed by atoms with Crippen molar-refractivity contribution in [1.29, 1.82) is 0 Å². The van der Waals surface area contributed by atoms with Crippen LogP contribution in [0.15, 0.2) is 76.1 Å². The van der Waals surface area contributed by atoms with Crippen LogP contribution in [0.5, 0.6) is 0 Å². The Kier molecular flexibility index (Phi) is 4.96. The smallest absolute Gasteiger partial charge is 0.264 e. The number of thioether (sulfide) groups is 1. The van der Waals surface area contributed by atoms with Gasteiger partial charge in [-0.05, 0) is 60.5 Å². The van der Waals surface area contributed by atoms with Crippen LogP contribution < -0.4 is 5.32 Å². The van der Waals surface area contributed by atoms with Crippen LogP contribution in [0.1, 0.15) is 18.1 Å². The third kappa shape index (κ3) is 4.24. The summed E-state index contributed by atoms with van der Waals surface area (Å²) < 4.78 is 0. The van der Waals surface area contributed by atoms with Crippen LogP contribution in [0, 0.1) is 6.92 Å². The fraction of sp³-hybridized carbons (Fsp3) is 0.100. The Hall–Kier alpha value is -2.59. The van der Waals surface area contributed by atoms with Crippen molar-refractivity contribution >= 4 is 34.6 Å². The number of carbonyl (C=O) groups is 1. The summed E-state index contributed by atoms with van der Waals surface area (Å²) in [6, 6.07) is 17.9. The lowest BCUT2D eigenvalue weighted by atomic mass is 10.1. The van der Waals surface area contributed by atoms with Gasteiger partial charge >= 0.3 is 0 Å². The van der Waals surface area contributed by atoms with Crippen molar-refractivity contribution < 1.29 is 4.79 Å². The zero-order chi connectivity index (χ0) is 16.9. The van der Waals surface area contributed by atoms with Crippen LogP contribution in [-0.2, 0) is 4.79 Å². The molecule has 0 atom stereocenters. The molecule has 1 fully saturated rings. The maximum absolute atomic E-state index is 12.1. The molecule has 3 nitrogen and oxygen atoms in total. The van der Waals surface area contributed by atoms with Gasteiger partial charge in [-0.2, -0.15) is 0 Å². The minimum atomic E-state index is -0.104. The van der Waals surface area contributed by atoms with E-state index in [1.54, 1.807) is 0 Å². The lowest BCUT2D eigenvalue weighted by Crippen LogP contribution is -2.19. The van der Waals surface area contributed by atoms with Gasteiger partial charge in [0.25, 0.3) is 5.91 Å². The van der Waals surface area contributed by atoms with Gasteiger partial charge in [-0.15, -0.1) is 0 Å². The number of amides is 1. The Morgan fingerprint density at radius 3 is 2.67 bits per heavy atom. The van der Waals surface area contributed by atoms with E-state index in [1.807, 2.05) is 74.5 Å². The minimum Gasteiger partial charge on any atom is -0.300 e. The molecule has 0 radical (unpaired) electrons. The van der Waals surface area contributed by atoms with Crippen molar-refractivity contribution in [3.63, 3.8) is 0 Å². The molecule has 1 aliphatic heterocycles. The summed E-state index contributed by atoms with van der Waals surface area (Å²) in [7, 11) is 0. The lowest BCUT2D eigenvalue weighted by molar-refractivity contribution is -0.115. The molecular weight excluding hydrogens is 316 g/mol. The summed E-state index contributed by atoms with van der Waals surface area (Å²) in [6.45, 7) is 4.01. The third-order valence-corrected chi connectivity index (χ3v) is 4.35. The van der Waals surface area contributed by atoms with Crippen molar-refractivity contribution in [3.05, 3.63) is 82.3 Å². The molecule has 1 heterocycles. The summed E-state index contributed by atoms with van der Waals surface area (Å²) in [5, 5.41) is 3.43. The van der Waals surface area contributed by atoms with Gasteiger partial charge in [0.15, 0.2) is 5.17 Å². The van der Waals surface area contributed by atoms with Crippen LogP contribution in [0.25, 0.3) is 6.08 Å². The van der Waals surface area contributed by atoms with Crippen molar-refractivity contribution in [2.24, 2.45) is 4.99 Å². The third-order valence-electron chi connectivity index (χ3n) is 3.44. The highest BCUT2D eigenvalue weighted by Gasteiger charge is 2.23. The number of nitrogens with one attached hydrogen (secondary N) is 1. The largest absolute Gasteiger partial charge is 0.300 e. The molecule has 24 heavy (non-hydrogen) atoms. The Balaban J connectivity index is 1.78. The van der Waals surface area contributed by atoms with Crippen LogP contribution in [0.2, 0.25) is 0 Å². The first-order valence-corrected chi connectivity index (χ1v) is 8.51. The number of benzene rings is 2. The Labute approximate surface area is 146 Å². The maximum atomic E-state index is 12.1. The number of nitrogens with zero attached hydrogens (tertiary/aromatic N) is 1. The SMILES string of the molecule is CC(=Cc1ccccc1)C=C1SC(=Nc2cccc(C)c2)NC1=O. The molecule has 4 heteroatoms. The Morgan fingerprint density at radius 2 is 1.92 bits per heavy atom. The number of allylic oxidation sites excluding steroid dienone is 2. The molecule has 0 aromatic heterocycles. The van der Waals surface area contributed by atoms with Crippen molar-refractivity contribution in [1.82, 2.24) is 5.32 Å². The summed E-state index contributed by atoms with van der Waals surface area (Å²) in [6.07, 6.45) is 3.95. The molecule has 2 aromatic rings. The second kappa shape index (κ2) is 7.32. The average molecular weight is 334 g/mol. The first kappa shape index (κ1) is 16.3. The first-order chi connectivity index (χ1) is 11.6. The summed E-state index contributed by atoms with van der Waals surface area (Å²) >= 11 is 1.37. The van der Waals surface area contributed by atoms with Crippen LogP contribution in [0.3, 0.4) is 0 Å². The number of amidine groups is 1. The topological polar surface area (TPSA) is 41.5 Å². The molecule has 1 saturated heterocycles. The molecule has 120 valence electrons. The van der Waals surface area contributed by atoms with Gasteiger partial charge in [-0.25, -0.2) is 4.99 Å². The van der Waals surface area contributed by atoms with Gasteiger partial charge in [0, 0.05) is 0 Å². The fourth-order valence-electron chi connectivity index (χ4n) is 2.36. The normalized spacial score (nSPS) is 18.2. The summed E-state index contributed by atoms with van der Waals surface area (Å²) in [4.78, 5) is 17.3. The predicted octanol–water partition coefficient (Wildman–Crippen LogP) is 4.83. The standard InChI is InChI=1S/C20H18N2OS/c1-14-7-6-10-17(12-14)21-20-22-19(23)18(24-20)13-15(2)11-16-8-4-3-5-9-16/h3-13H,1-2H3,(H,21,22,23). The van der Waals surface area contributed by atoms with Crippen LogP contribution in [0.4, 0.5) is 5.69 Å². The molecule has 3 rings (SSSR count). The van der Waals surface area contributed by atoms with Gasteiger partial charge < -0.3 is 5.32 Å². The van der Waals surface area contributed by atoms with Crippen molar-refractivity contribution in [2.75, 3.05) is 0 Å². The van der Waals surface area contributed by atoms with Gasteiger partial charge in [-0.3, -0.25) is 4.79 Å². The molecule has 2 aromatic carbocycles. The van der Waals surface area contributed by atoms with Gasteiger partial charge in [0.1, 0.15) is 0 Å². The highest BCUT2D eigenvalue weighted by atomic mass is 32.2. The van der Waals surface area contributed by atoms with E-state index < -0.39 is 0 Å². The van der Waals surface area contributed by atoms with E-state index in [2.05, 4.69) is 16.4 Å². The lowest BCUT2D eigenvalue weighted by Gasteiger charge is -1.97. The van der Waals surface area contributed by atoms with E-state index in [1.165, 1.54) is 11.8 Å².